The van der Waals surface area contributed by atoms with E-state index < -0.39 is 12.0 Å². The Morgan fingerprint density at radius 1 is 1.18 bits per heavy atom. The Hall–Kier alpha value is -2.56. The molecule has 0 aliphatic carbocycles. The molecule has 5 nitrogen and oxygen atoms in total. The number of esters is 1. The number of nitrogens with two attached hydrogens (primary N) is 1. The van der Waals surface area contributed by atoms with E-state index in [1.165, 1.54) is 7.11 Å². The van der Waals surface area contributed by atoms with Gasteiger partial charge in [-0.1, -0.05) is 37.6 Å². The molecule has 5 heteroatoms. The van der Waals surface area contributed by atoms with Crippen LogP contribution in [-0.2, 0) is 9.53 Å². The minimum Gasteiger partial charge on any atom is -0.467 e. The van der Waals surface area contributed by atoms with Crippen molar-refractivity contribution < 1.29 is 14.3 Å². The van der Waals surface area contributed by atoms with Crippen molar-refractivity contribution in [1.29, 1.82) is 0 Å². The molecule has 0 radical (unpaired) electrons. The molecular weight excluding hydrogens is 280 g/mol. The van der Waals surface area contributed by atoms with Crippen LogP contribution in [0.2, 0.25) is 0 Å². The average molecular weight is 300 g/mol. The number of ether oxygens (including phenoxy) is 1. The van der Waals surface area contributed by atoms with Gasteiger partial charge in [-0.05, 0) is 23.9 Å². The number of rotatable bonds is 5. The molecule has 0 aliphatic rings. The van der Waals surface area contributed by atoms with Crippen molar-refractivity contribution in [2.24, 2.45) is 0 Å². The predicted molar refractivity (Wildman–Crippen MR) is 86.5 cm³/mol. The van der Waals surface area contributed by atoms with Crippen LogP contribution >= 0.6 is 0 Å². The van der Waals surface area contributed by atoms with Gasteiger partial charge in [0.2, 0.25) is 0 Å². The normalized spacial score (nSPS) is 11.9. The second kappa shape index (κ2) is 6.93. The fraction of sp³-hybridized carbons (Fsp3) is 0.294. The van der Waals surface area contributed by atoms with Crippen LogP contribution in [0, 0.1) is 0 Å². The Labute approximate surface area is 129 Å². The van der Waals surface area contributed by atoms with E-state index in [2.05, 4.69) is 5.32 Å². The van der Waals surface area contributed by atoms with Crippen LogP contribution in [0.3, 0.4) is 0 Å². The van der Waals surface area contributed by atoms with E-state index >= 15 is 0 Å². The van der Waals surface area contributed by atoms with Crippen LogP contribution in [0.4, 0.5) is 5.69 Å². The van der Waals surface area contributed by atoms with Crippen molar-refractivity contribution in [2.75, 3.05) is 12.8 Å². The molecule has 2 aromatic rings. The van der Waals surface area contributed by atoms with Gasteiger partial charge in [-0.2, -0.15) is 0 Å². The average Bonchev–Trinajstić information content (AvgIpc) is 2.54. The predicted octanol–water partition coefficient (Wildman–Crippen LogP) is 2.49. The summed E-state index contributed by atoms with van der Waals surface area (Å²) < 4.78 is 4.73. The minimum absolute atomic E-state index is 0.306. The van der Waals surface area contributed by atoms with Gasteiger partial charge in [0, 0.05) is 16.6 Å². The number of benzene rings is 2. The summed E-state index contributed by atoms with van der Waals surface area (Å²) in [6, 6.07) is 10.2. The van der Waals surface area contributed by atoms with E-state index in [4.69, 9.17) is 10.5 Å². The molecule has 0 saturated carbocycles. The molecule has 1 amide bonds. The standard InChI is InChI=1S/C17H20N2O3/c1-3-6-15(17(21)22-2)19-16(20)13-9-10-14(18)12-8-5-4-7-11(12)13/h4-5,7-10,15H,3,6,18H2,1-2H3,(H,19,20)/t15-/m0/s1. The quantitative estimate of drug-likeness (QED) is 0.656. The molecule has 2 rings (SSSR count). The van der Waals surface area contributed by atoms with Crippen molar-refractivity contribution in [3.63, 3.8) is 0 Å². The number of methoxy groups -OCH3 is 1. The molecule has 0 aliphatic heterocycles. The van der Waals surface area contributed by atoms with Crippen molar-refractivity contribution in [1.82, 2.24) is 5.32 Å². The molecular formula is C17H20N2O3. The van der Waals surface area contributed by atoms with Crippen molar-refractivity contribution in [2.45, 2.75) is 25.8 Å². The SMILES string of the molecule is CCC[C@H](NC(=O)c1ccc(N)c2ccccc12)C(=O)OC. The first-order chi connectivity index (χ1) is 10.6. The number of hydrogen-bond acceptors (Lipinski definition) is 4. The lowest BCUT2D eigenvalue weighted by molar-refractivity contribution is -0.143. The van der Waals surface area contributed by atoms with Crippen LogP contribution in [0.1, 0.15) is 30.1 Å². The van der Waals surface area contributed by atoms with Crippen molar-refractivity contribution >= 4 is 28.3 Å². The summed E-state index contributed by atoms with van der Waals surface area (Å²) in [4.78, 5) is 24.2. The summed E-state index contributed by atoms with van der Waals surface area (Å²) in [6.07, 6.45) is 1.30. The second-order valence-corrected chi connectivity index (χ2v) is 5.09. The molecule has 0 bridgehead atoms. The zero-order valence-corrected chi connectivity index (χ0v) is 12.8. The van der Waals surface area contributed by atoms with Gasteiger partial charge >= 0.3 is 5.97 Å². The first-order valence-corrected chi connectivity index (χ1v) is 7.24. The Bertz CT molecular complexity index is 697. The first-order valence-electron chi connectivity index (χ1n) is 7.24. The third kappa shape index (κ3) is 3.19. The zero-order chi connectivity index (χ0) is 16.1. The van der Waals surface area contributed by atoms with Gasteiger partial charge in [-0.3, -0.25) is 4.79 Å². The molecule has 0 heterocycles. The van der Waals surface area contributed by atoms with Crippen LogP contribution in [0.15, 0.2) is 36.4 Å². The molecule has 116 valence electrons. The molecule has 0 aromatic heterocycles. The van der Waals surface area contributed by atoms with Gasteiger partial charge in [0.25, 0.3) is 5.91 Å². The number of anilines is 1. The largest absolute Gasteiger partial charge is 0.467 e. The molecule has 0 spiro atoms. The number of nitrogens with one attached hydrogen (secondary N) is 1. The van der Waals surface area contributed by atoms with Crippen LogP contribution in [0.5, 0.6) is 0 Å². The topological polar surface area (TPSA) is 81.4 Å². The molecule has 2 aromatic carbocycles. The van der Waals surface area contributed by atoms with Crippen molar-refractivity contribution in [3.8, 4) is 0 Å². The third-order valence-corrected chi connectivity index (χ3v) is 3.57. The van der Waals surface area contributed by atoms with E-state index in [0.717, 1.165) is 17.2 Å². The lowest BCUT2D eigenvalue weighted by atomic mass is 10.0. The third-order valence-electron chi connectivity index (χ3n) is 3.57. The number of fused-ring (bicyclic) bond motifs is 1. The summed E-state index contributed by atoms with van der Waals surface area (Å²) in [6.45, 7) is 1.95. The highest BCUT2D eigenvalue weighted by molar-refractivity contribution is 6.10. The highest BCUT2D eigenvalue weighted by Crippen LogP contribution is 2.24. The minimum atomic E-state index is -0.640. The van der Waals surface area contributed by atoms with Gasteiger partial charge in [-0.25, -0.2) is 4.79 Å². The number of carbonyl (C=O) groups excluding carboxylic acids is 2. The summed E-state index contributed by atoms with van der Waals surface area (Å²) in [5.74, 6) is -0.741. The van der Waals surface area contributed by atoms with Crippen LogP contribution in [-0.4, -0.2) is 25.0 Å². The highest BCUT2D eigenvalue weighted by Gasteiger charge is 2.22. The van der Waals surface area contributed by atoms with E-state index in [1.807, 2.05) is 31.2 Å². The molecule has 1 atom stereocenters. The maximum atomic E-state index is 12.5. The second-order valence-electron chi connectivity index (χ2n) is 5.09. The maximum absolute atomic E-state index is 12.5. The number of nitrogen functional groups attached to an aromatic ring is 1. The van der Waals surface area contributed by atoms with E-state index in [1.54, 1.807) is 12.1 Å². The van der Waals surface area contributed by atoms with Gasteiger partial charge < -0.3 is 15.8 Å². The molecule has 0 fully saturated rings. The van der Waals surface area contributed by atoms with Gasteiger partial charge in [0.15, 0.2) is 0 Å². The van der Waals surface area contributed by atoms with Gasteiger partial charge in [0.1, 0.15) is 6.04 Å². The Kier molecular flexibility index (Phi) is 4.99. The van der Waals surface area contributed by atoms with Crippen LogP contribution < -0.4 is 11.1 Å². The van der Waals surface area contributed by atoms with Crippen LogP contribution in [0.25, 0.3) is 10.8 Å². The fourth-order valence-corrected chi connectivity index (χ4v) is 2.44. The summed E-state index contributed by atoms with van der Waals surface area (Å²) >= 11 is 0. The van der Waals surface area contributed by atoms with E-state index in [-0.39, 0.29) is 5.91 Å². The molecule has 3 N–H and O–H groups in total. The smallest absolute Gasteiger partial charge is 0.328 e. The van der Waals surface area contributed by atoms with Gasteiger partial charge in [-0.15, -0.1) is 0 Å². The molecule has 22 heavy (non-hydrogen) atoms. The fourth-order valence-electron chi connectivity index (χ4n) is 2.44. The Morgan fingerprint density at radius 2 is 1.86 bits per heavy atom. The lowest BCUT2D eigenvalue weighted by Gasteiger charge is -2.16. The number of hydrogen-bond donors (Lipinski definition) is 2. The van der Waals surface area contributed by atoms with Gasteiger partial charge in [0.05, 0.1) is 7.11 Å². The first kappa shape index (κ1) is 15.8. The summed E-state index contributed by atoms with van der Waals surface area (Å²) in [5.41, 5.74) is 7.05. The lowest BCUT2D eigenvalue weighted by Crippen LogP contribution is -2.41. The molecule has 0 saturated heterocycles. The van der Waals surface area contributed by atoms with E-state index in [0.29, 0.717) is 17.7 Å². The zero-order valence-electron chi connectivity index (χ0n) is 12.8. The Morgan fingerprint density at radius 3 is 2.50 bits per heavy atom. The maximum Gasteiger partial charge on any atom is 0.328 e. The number of amides is 1. The Balaban J connectivity index is 2.33. The number of carbonyl (C=O) groups is 2. The highest BCUT2D eigenvalue weighted by atomic mass is 16.5. The molecule has 0 unspecified atom stereocenters. The van der Waals surface area contributed by atoms with Crippen molar-refractivity contribution in [3.05, 3.63) is 42.0 Å². The monoisotopic (exact) mass is 300 g/mol. The van der Waals surface area contributed by atoms with E-state index in [9.17, 15) is 9.59 Å². The summed E-state index contributed by atoms with van der Waals surface area (Å²) in [5, 5.41) is 4.33. The summed E-state index contributed by atoms with van der Waals surface area (Å²) in [7, 11) is 1.32.